The number of aromatic nitrogens is 2. The van der Waals surface area contributed by atoms with Gasteiger partial charge in [0.05, 0.1) is 0 Å². The maximum Gasteiger partial charge on any atom is 0.212 e. The molecule has 0 unspecified atom stereocenters. The Labute approximate surface area is 136 Å². The zero-order chi connectivity index (χ0) is 14.5. The Morgan fingerprint density at radius 3 is 2.60 bits per heavy atom. The quantitative estimate of drug-likeness (QED) is 0.629. The first kappa shape index (κ1) is 15.5. The van der Waals surface area contributed by atoms with Crippen molar-refractivity contribution in [3.8, 4) is 0 Å². The molecule has 1 heterocycles. The molecule has 2 aromatic rings. The molecule has 0 amide bonds. The summed E-state index contributed by atoms with van der Waals surface area (Å²) >= 11 is 14.2. The molecule has 4 nitrogen and oxygen atoms in total. The van der Waals surface area contributed by atoms with Crippen LogP contribution in [0.15, 0.2) is 28.6 Å². The third-order valence-corrected chi connectivity index (χ3v) is 4.45. The SMILES string of the molecule is CC(C)Sc1nnc(NC(=S)Nc2ccc(Cl)cc2)s1. The van der Waals surface area contributed by atoms with Crippen molar-refractivity contribution in [2.24, 2.45) is 0 Å². The molecule has 0 bridgehead atoms. The van der Waals surface area contributed by atoms with Gasteiger partial charge in [-0.15, -0.1) is 10.2 Å². The molecular formula is C12H13ClN4S3. The molecule has 2 N–H and O–H groups in total. The molecule has 0 saturated heterocycles. The number of thiocarbonyl (C=S) groups is 1. The van der Waals surface area contributed by atoms with E-state index in [2.05, 4.69) is 34.7 Å². The van der Waals surface area contributed by atoms with E-state index in [0.717, 1.165) is 10.0 Å². The minimum absolute atomic E-state index is 0.476. The van der Waals surface area contributed by atoms with Crippen LogP contribution in [-0.4, -0.2) is 20.6 Å². The van der Waals surface area contributed by atoms with Gasteiger partial charge in [0.2, 0.25) is 5.13 Å². The second-order valence-electron chi connectivity index (χ2n) is 4.13. The van der Waals surface area contributed by atoms with Crippen LogP contribution in [0.1, 0.15) is 13.8 Å². The predicted octanol–water partition coefficient (Wildman–Crippen LogP) is 4.50. The van der Waals surface area contributed by atoms with Gasteiger partial charge >= 0.3 is 0 Å². The van der Waals surface area contributed by atoms with Crippen LogP contribution >= 0.6 is 46.9 Å². The summed E-state index contributed by atoms with van der Waals surface area (Å²) in [5.41, 5.74) is 0.869. The van der Waals surface area contributed by atoms with Crippen LogP contribution < -0.4 is 10.6 Å². The van der Waals surface area contributed by atoms with Crippen molar-refractivity contribution in [2.75, 3.05) is 10.6 Å². The van der Waals surface area contributed by atoms with Crippen LogP contribution in [0.3, 0.4) is 0 Å². The third kappa shape index (κ3) is 4.90. The average molecular weight is 345 g/mol. The van der Waals surface area contributed by atoms with E-state index in [9.17, 15) is 0 Å². The summed E-state index contributed by atoms with van der Waals surface area (Å²) in [7, 11) is 0. The highest BCUT2D eigenvalue weighted by molar-refractivity contribution is 8.01. The normalized spacial score (nSPS) is 10.6. The summed E-state index contributed by atoms with van der Waals surface area (Å²) in [4.78, 5) is 0. The molecule has 0 saturated carbocycles. The molecule has 0 spiro atoms. The molecule has 2 rings (SSSR count). The molecule has 0 fully saturated rings. The van der Waals surface area contributed by atoms with E-state index in [-0.39, 0.29) is 0 Å². The van der Waals surface area contributed by atoms with Crippen molar-refractivity contribution in [3.63, 3.8) is 0 Å². The van der Waals surface area contributed by atoms with E-state index in [0.29, 0.717) is 20.5 Å². The fourth-order valence-electron chi connectivity index (χ4n) is 1.30. The van der Waals surface area contributed by atoms with Crippen LogP contribution in [-0.2, 0) is 0 Å². The molecular weight excluding hydrogens is 332 g/mol. The zero-order valence-electron chi connectivity index (χ0n) is 10.9. The van der Waals surface area contributed by atoms with E-state index in [1.54, 1.807) is 23.9 Å². The van der Waals surface area contributed by atoms with Crippen molar-refractivity contribution in [1.82, 2.24) is 10.2 Å². The van der Waals surface area contributed by atoms with E-state index in [4.69, 9.17) is 23.8 Å². The van der Waals surface area contributed by atoms with Crippen LogP contribution in [0, 0.1) is 0 Å². The lowest BCUT2D eigenvalue weighted by Crippen LogP contribution is -2.18. The number of nitrogens with zero attached hydrogens (tertiary/aromatic N) is 2. The smallest absolute Gasteiger partial charge is 0.212 e. The van der Waals surface area contributed by atoms with Crippen LogP contribution in [0.25, 0.3) is 0 Å². The van der Waals surface area contributed by atoms with Gasteiger partial charge in [0.1, 0.15) is 0 Å². The summed E-state index contributed by atoms with van der Waals surface area (Å²) in [6.07, 6.45) is 0. The average Bonchev–Trinajstić information content (AvgIpc) is 2.78. The number of rotatable bonds is 4. The number of halogens is 1. The molecule has 0 atom stereocenters. The second kappa shape index (κ2) is 7.21. The van der Waals surface area contributed by atoms with Crippen molar-refractivity contribution >= 4 is 62.8 Å². The first-order chi connectivity index (χ1) is 9.52. The van der Waals surface area contributed by atoms with Gasteiger partial charge in [0, 0.05) is 16.0 Å². The number of hydrogen-bond acceptors (Lipinski definition) is 5. The Hall–Kier alpha value is -0.890. The van der Waals surface area contributed by atoms with E-state index in [1.165, 1.54) is 11.3 Å². The predicted molar refractivity (Wildman–Crippen MR) is 92.2 cm³/mol. The maximum absolute atomic E-state index is 5.83. The van der Waals surface area contributed by atoms with Gasteiger partial charge in [-0.3, -0.25) is 0 Å². The van der Waals surface area contributed by atoms with Crippen molar-refractivity contribution < 1.29 is 0 Å². The number of anilines is 2. The summed E-state index contributed by atoms with van der Waals surface area (Å²) in [5, 5.41) is 16.6. The van der Waals surface area contributed by atoms with Gasteiger partial charge in [0.15, 0.2) is 9.45 Å². The Bertz CT molecular complexity index is 583. The van der Waals surface area contributed by atoms with E-state index < -0.39 is 0 Å². The summed E-state index contributed by atoms with van der Waals surface area (Å²) in [5.74, 6) is 0. The Morgan fingerprint density at radius 2 is 1.95 bits per heavy atom. The molecule has 1 aromatic heterocycles. The Morgan fingerprint density at radius 1 is 1.25 bits per heavy atom. The minimum atomic E-state index is 0.476. The van der Waals surface area contributed by atoms with Crippen molar-refractivity contribution in [2.45, 2.75) is 23.4 Å². The Balaban J connectivity index is 1.91. The van der Waals surface area contributed by atoms with E-state index in [1.807, 2.05) is 12.1 Å². The molecule has 106 valence electrons. The lowest BCUT2D eigenvalue weighted by atomic mass is 10.3. The summed E-state index contributed by atoms with van der Waals surface area (Å²) in [6, 6.07) is 7.32. The third-order valence-electron chi connectivity index (χ3n) is 2.07. The first-order valence-electron chi connectivity index (χ1n) is 5.86. The van der Waals surface area contributed by atoms with Crippen LogP contribution in [0.5, 0.6) is 0 Å². The van der Waals surface area contributed by atoms with E-state index >= 15 is 0 Å². The molecule has 0 aliphatic heterocycles. The highest BCUT2D eigenvalue weighted by Crippen LogP contribution is 2.28. The lowest BCUT2D eigenvalue weighted by Gasteiger charge is -2.07. The van der Waals surface area contributed by atoms with Gasteiger partial charge < -0.3 is 10.6 Å². The van der Waals surface area contributed by atoms with Crippen molar-refractivity contribution in [1.29, 1.82) is 0 Å². The Kier molecular flexibility index (Phi) is 5.59. The molecule has 8 heteroatoms. The summed E-state index contributed by atoms with van der Waals surface area (Å²) < 4.78 is 0.928. The van der Waals surface area contributed by atoms with Crippen LogP contribution in [0.2, 0.25) is 5.02 Å². The molecule has 20 heavy (non-hydrogen) atoms. The number of thioether (sulfide) groups is 1. The van der Waals surface area contributed by atoms with Gasteiger partial charge in [0.25, 0.3) is 0 Å². The van der Waals surface area contributed by atoms with Gasteiger partial charge in [-0.1, -0.05) is 48.5 Å². The number of hydrogen-bond donors (Lipinski definition) is 2. The minimum Gasteiger partial charge on any atom is -0.332 e. The largest absolute Gasteiger partial charge is 0.332 e. The van der Waals surface area contributed by atoms with Gasteiger partial charge in [-0.25, -0.2) is 0 Å². The summed E-state index contributed by atoms with van der Waals surface area (Å²) in [6.45, 7) is 4.23. The lowest BCUT2D eigenvalue weighted by molar-refractivity contribution is 1.00. The first-order valence-corrected chi connectivity index (χ1v) is 8.35. The monoisotopic (exact) mass is 344 g/mol. The van der Waals surface area contributed by atoms with Crippen molar-refractivity contribution in [3.05, 3.63) is 29.3 Å². The van der Waals surface area contributed by atoms with Gasteiger partial charge in [-0.2, -0.15) is 0 Å². The second-order valence-corrected chi connectivity index (χ2v) is 7.77. The van der Waals surface area contributed by atoms with Gasteiger partial charge in [-0.05, 0) is 36.5 Å². The van der Waals surface area contributed by atoms with Crippen LogP contribution in [0.4, 0.5) is 10.8 Å². The zero-order valence-corrected chi connectivity index (χ0v) is 14.1. The molecule has 0 aliphatic rings. The fourth-order valence-corrected chi connectivity index (χ4v) is 3.69. The molecule has 0 aliphatic carbocycles. The number of nitrogens with one attached hydrogen (secondary N) is 2. The molecule has 1 aromatic carbocycles. The highest BCUT2D eigenvalue weighted by Gasteiger charge is 2.08. The highest BCUT2D eigenvalue weighted by atomic mass is 35.5. The number of benzene rings is 1. The standard InChI is InChI=1S/C12H13ClN4S3/c1-7(2)19-12-17-16-11(20-12)15-10(18)14-9-5-3-8(13)4-6-9/h3-7H,1-2H3,(H2,14,15,16,18). The maximum atomic E-state index is 5.83. The topological polar surface area (TPSA) is 49.8 Å². The molecule has 0 radical (unpaired) electrons. The fraction of sp³-hybridized carbons (Fsp3) is 0.250.